The second-order valence-electron chi connectivity index (χ2n) is 1.72. The van der Waals surface area contributed by atoms with Crippen molar-refractivity contribution in [3.05, 3.63) is 0 Å². The summed E-state index contributed by atoms with van der Waals surface area (Å²) < 4.78 is 0. The van der Waals surface area contributed by atoms with Crippen LogP contribution in [0.15, 0.2) is 0 Å². The van der Waals surface area contributed by atoms with Crippen LogP contribution in [-0.2, 0) is 4.79 Å². The van der Waals surface area contributed by atoms with Crippen LogP contribution in [0.3, 0.4) is 0 Å². The predicted molar refractivity (Wildman–Crippen MR) is 27.0 cm³/mol. The second kappa shape index (κ2) is 3.87. The maximum atomic E-state index is 10.3. The van der Waals surface area contributed by atoms with E-state index in [1.165, 1.54) is 0 Å². The molecule has 3 N–H and O–H groups in total. The van der Waals surface area contributed by atoms with Crippen LogP contribution < -0.4 is 10.6 Å². The van der Waals surface area contributed by atoms with Crippen molar-refractivity contribution in [2.75, 3.05) is 7.05 Å². The zero-order valence-electron chi connectivity index (χ0n) is 5.09. The Morgan fingerprint density at radius 2 is 2.33 bits per heavy atom. The standard InChI is InChI=1S/C4H8N2O2.Ac/c1-5-2-3(7)6-4(2)8;/h2-3,5,7H,1H3,(H,6,8);. The molecule has 0 aromatic carbocycles. The van der Waals surface area contributed by atoms with Gasteiger partial charge in [0.25, 0.3) is 0 Å². The van der Waals surface area contributed by atoms with E-state index >= 15 is 0 Å². The average molecular weight is 343 g/mol. The molecule has 1 saturated heterocycles. The number of carbonyl (C=O) groups excluding carboxylic acids is 1. The zero-order chi connectivity index (χ0) is 6.15. The first-order valence-corrected chi connectivity index (χ1v) is 2.41. The molecule has 1 fully saturated rings. The largest absolute Gasteiger partial charge is 0.371 e. The summed E-state index contributed by atoms with van der Waals surface area (Å²) in [6.07, 6.45) is -0.688. The number of carbonyl (C=O) groups is 1. The summed E-state index contributed by atoms with van der Waals surface area (Å²) in [7, 11) is 1.63. The predicted octanol–water partition coefficient (Wildman–Crippen LogP) is -1.98. The number of hydrogen-bond donors (Lipinski definition) is 3. The van der Waals surface area contributed by atoms with Gasteiger partial charge < -0.3 is 15.7 Å². The van der Waals surface area contributed by atoms with E-state index in [4.69, 9.17) is 5.11 Å². The molecule has 1 amide bonds. The third-order valence-electron chi connectivity index (χ3n) is 1.20. The van der Waals surface area contributed by atoms with Gasteiger partial charge in [0.15, 0.2) is 6.23 Å². The van der Waals surface area contributed by atoms with Gasteiger partial charge in [0, 0.05) is 44.1 Å². The van der Waals surface area contributed by atoms with Gasteiger partial charge in [-0.05, 0) is 7.05 Å². The average Bonchev–Trinajstić information content (AvgIpc) is 1.67. The number of aliphatic hydroxyl groups excluding tert-OH is 1. The van der Waals surface area contributed by atoms with Crippen LogP contribution in [0.2, 0.25) is 0 Å². The SMILES string of the molecule is CNC1C(=O)NC1O.[Ac]. The van der Waals surface area contributed by atoms with Crippen LogP contribution in [0.1, 0.15) is 0 Å². The van der Waals surface area contributed by atoms with Crippen molar-refractivity contribution >= 4 is 5.91 Å². The Bertz CT molecular complexity index is 119. The van der Waals surface area contributed by atoms with Crippen LogP contribution in [0.5, 0.6) is 0 Å². The number of rotatable bonds is 1. The van der Waals surface area contributed by atoms with E-state index in [-0.39, 0.29) is 50.0 Å². The molecule has 1 aliphatic rings. The van der Waals surface area contributed by atoms with E-state index in [9.17, 15) is 4.79 Å². The van der Waals surface area contributed by atoms with Crippen molar-refractivity contribution in [1.82, 2.24) is 10.6 Å². The van der Waals surface area contributed by atoms with Gasteiger partial charge in [-0.1, -0.05) is 0 Å². The van der Waals surface area contributed by atoms with Crippen LogP contribution >= 0.6 is 0 Å². The quantitative estimate of drug-likeness (QED) is 0.484. The molecule has 4 nitrogen and oxygen atoms in total. The first-order chi connectivity index (χ1) is 3.75. The molecule has 1 aliphatic heterocycles. The van der Waals surface area contributed by atoms with Crippen LogP contribution in [0.4, 0.5) is 0 Å². The minimum Gasteiger partial charge on any atom is -0.371 e. The topological polar surface area (TPSA) is 61.4 Å². The molecular formula is C4H8AcN2O2. The molecule has 0 aromatic heterocycles. The second-order valence-corrected chi connectivity index (χ2v) is 1.72. The monoisotopic (exact) mass is 343 g/mol. The fourth-order valence-corrected chi connectivity index (χ4v) is 0.655. The van der Waals surface area contributed by atoms with Crippen molar-refractivity contribution in [1.29, 1.82) is 0 Å². The molecule has 5 heteroatoms. The van der Waals surface area contributed by atoms with Crippen LogP contribution in [0.25, 0.3) is 0 Å². The van der Waals surface area contributed by atoms with E-state index in [0.717, 1.165) is 0 Å². The maximum Gasteiger partial charge on any atom is 0.243 e. The number of nitrogens with one attached hydrogen (secondary N) is 2. The van der Waals surface area contributed by atoms with E-state index in [0.29, 0.717) is 0 Å². The Kier molecular flexibility index (Phi) is 4.23. The fraction of sp³-hybridized carbons (Fsp3) is 0.750. The summed E-state index contributed by atoms with van der Waals surface area (Å²) in [4.78, 5) is 10.3. The molecule has 0 spiro atoms. The van der Waals surface area contributed by atoms with E-state index < -0.39 is 12.3 Å². The number of β-lactam (4-membered cyclic amide) rings is 1. The number of hydrogen-bond acceptors (Lipinski definition) is 3. The Morgan fingerprint density at radius 1 is 1.78 bits per heavy atom. The molecule has 1 radical (unpaired) electrons. The fourth-order valence-electron chi connectivity index (χ4n) is 0.655. The van der Waals surface area contributed by atoms with Crippen molar-refractivity contribution in [3.8, 4) is 0 Å². The molecule has 0 bridgehead atoms. The first-order valence-electron chi connectivity index (χ1n) is 2.41. The number of likely N-dealkylation sites (N-methyl/N-ethyl adjacent to an activating group) is 1. The Hall–Kier alpha value is 0.832. The molecule has 2 unspecified atom stereocenters. The summed E-state index contributed by atoms with van der Waals surface area (Å²) in [6.45, 7) is 0. The van der Waals surface area contributed by atoms with E-state index in [1.54, 1.807) is 7.05 Å². The molecular weight excluding hydrogens is 335 g/mol. The summed E-state index contributed by atoms with van der Waals surface area (Å²) in [5.74, 6) is -0.139. The van der Waals surface area contributed by atoms with Gasteiger partial charge in [-0.25, -0.2) is 0 Å². The molecule has 0 aliphatic carbocycles. The molecule has 1 heterocycles. The molecule has 49 valence electrons. The Labute approximate surface area is 88.9 Å². The smallest absolute Gasteiger partial charge is 0.243 e. The maximum absolute atomic E-state index is 10.3. The molecule has 0 aromatic rings. The van der Waals surface area contributed by atoms with Crippen LogP contribution in [-0.4, -0.2) is 30.3 Å². The van der Waals surface area contributed by atoms with Gasteiger partial charge in [0.1, 0.15) is 6.04 Å². The minimum absolute atomic E-state index is 0. The molecule has 2 atom stereocenters. The van der Waals surface area contributed by atoms with Gasteiger partial charge in [-0.2, -0.15) is 0 Å². The number of amides is 1. The third-order valence-corrected chi connectivity index (χ3v) is 1.20. The minimum atomic E-state index is -0.688. The van der Waals surface area contributed by atoms with Crippen LogP contribution in [0, 0.1) is 44.1 Å². The zero-order valence-corrected chi connectivity index (χ0v) is 9.83. The van der Waals surface area contributed by atoms with Crippen molar-refractivity contribution in [2.24, 2.45) is 0 Å². The van der Waals surface area contributed by atoms with Gasteiger partial charge in [0.2, 0.25) is 5.91 Å². The number of aliphatic hydroxyl groups is 1. The van der Waals surface area contributed by atoms with Gasteiger partial charge in [0.05, 0.1) is 0 Å². The molecule has 1 rings (SSSR count). The molecule has 0 saturated carbocycles. The van der Waals surface area contributed by atoms with Crippen molar-refractivity contribution in [3.63, 3.8) is 0 Å². The van der Waals surface area contributed by atoms with Crippen molar-refractivity contribution in [2.45, 2.75) is 12.3 Å². The normalized spacial score (nSPS) is 32.0. The Balaban J connectivity index is 0.000000640. The summed E-state index contributed by atoms with van der Waals surface area (Å²) in [5.41, 5.74) is 0. The third kappa shape index (κ3) is 1.87. The van der Waals surface area contributed by atoms with E-state index in [1.807, 2.05) is 0 Å². The van der Waals surface area contributed by atoms with Gasteiger partial charge in [-0.3, -0.25) is 4.79 Å². The van der Waals surface area contributed by atoms with Gasteiger partial charge in [-0.15, -0.1) is 0 Å². The van der Waals surface area contributed by atoms with Crippen molar-refractivity contribution < 1.29 is 54.0 Å². The van der Waals surface area contributed by atoms with Gasteiger partial charge >= 0.3 is 0 Å². The first kappa shape index (κ1) is 9.83. The summed E-state index contributed by atoms with van der Waals surface area (Å²) in [5, 5.41) is 13.6. The summed E-state index contributed by atoms with van der Waals surface area (Å²) in [6, 6.07) is -0.394. The van der Waals surface area contributed by atoms with E-state index in [2.05, 4.69) is 10.6 Å². The molecule has 9 heavy (non-hydrogen) atoms. The Morgan fingerprint density at radius 3 is 2.44 bits per heavy atom. The summed E-state index contributed by atoms with van der Waals surface area (Å²) >= 11 is 0.